The predicted octanol–water partition coefficient (Wildman–Crippen LogP) is 5.41. The second-order valence-electron chi connectivity index (χ2n) is 7.42. The van der Waals surface area contributed by atoms with Gasteiger partial charge in [-0.3, -0.25) is 0 Å². The van der Waals surface area contributed by atoms with Crippen molar-refractivity contribution in [2.24, 2.45) is 0 Å². The minimum Gasteiger partial charge on any atom is -0.489 e. The molecule has 0 saturated heterocycles. The first kappa shape index (κ1) is 22.2. The maximum Gasteiger partial charge on any atom is 0.410 e. The molecule has 152 valence electrons. The van der Waals surface area contributed by atoms with Gasteiger partial charge < -0.3 is 19.1 Å². The van der Waals surface area contributed by atoms with E-state index in [1.807, 2.05) is 69.3 Å². The van der Waals surface area contributed by atoms with Crippen molar-refractivity contribution in [1.82, 2.24) is 4.90 Å². The SMILES string of the molecule is COCCN(Cc1ccc(OCc2ccccc2)cc1Br)C(=O)OC(C)(C)C. The maximum atomic E-state index is 12.5. The van der Waals surface area contributed by atoms with Gasteiger partial charge in [0.15, 0.2) is 0 Å². The first-order valence-corrected chi connectivity index (χ1v) is 10.00. The number of carbonyl (C=O) groups is 1. The molecule has 0 N–H and O–H groups in total. The lowest BCUT2D eigenvalue weighted by atomic mass is 10.2. The van der Waals surface area contributed by atoms with Crippen molar-refractivity contribution in [2.75, 3.05) is 20.3 Å². The summed E-state index contributed by atoms with van der Waals surface area (Å²) in [5.41, 5.74) is 1.53. The van der Waals surface area contributed by atoms with E-state index >= 15 is 0 Å². The highest BCUT2D eigenvalue weighted by Crippen LogP contribution is 2.25. The molecule has 0 saturated carbocycles. The lowest BCUT2D eigenvalue weighted by Crippen LogP contribution is -2.38. The van der Waals surface area contributed by atoms with Gasteiger partial charge in [0, 0.05) is 18.1 Å². The first-order valence-electron chi connectivity index (χ1n) is 9.20. The topological polar surface area (TPSA) is 48.0 Å². The molecule has 2 aromatic carbocycles. The van der Waals surface area contributed by atoms with Gasteiger partial charge in [-0.2, -0.15) is 0 Å². The van der Waals surface area contributed by atoms with Crippen LogP contribution < -0.4 is 4.74 Å². The molecule has 0 aliphatic rings. The number of rotatable bonds is 8. The highest BCUT2D eigenvalue weighted by Gasteiger charge is 2.22. The Kier molecular flexibility index (Phi) is 8.33. The predicted molar refractivity (Wildman–Crippen MR) is 113 cm³/mol. The third-order valence-electron chi connectivity index (χ3n) is 3.85. The number of carbonyl (C=O) groups excluding carboxylic acids is 1. The van der Waals surface area contributed by atoms with Crippen molar-refractivity contribution in [3.63, 3.8) is 0 Å². The number of ether oxygens (including phenoxy) is 3. The standard InChI is InChI=1S/C22H28BrNO4/c1-22(2,3)28-21(25)24(12-13-26-4)15-18-10-11-19(14-20(18)23)27-16-17-8-6-5-7-9-17/h5-11,14H,12-13,15-16H2,1-4H3. The summed E-state index contributed by atoms with van der Waals surface area (Å²) in [4.78, 5) is 14.2. The minimum absolute atomic E-state index is 0.360. The monoisotopic (exact) mass is 449 g/mol. The molecule has 1 amide bonds. The van der Waals surface area contributed by atoms with Crippen LogP contribution in [0, 0.1) is 0 Å². The van der Waals surface area contributed by atoms with Gasteiger partial charge in [0.2, 0.25) is 0 Å². The van der Waals surface area contributed by atoms with Crippen LogP contribution in [0.5, 0.6) is 5.75 Å². The molecule has 0 radical (unpaired) electrons. The highest BCUT2D eigenvalue weighted by atomic mass is 79.9. The Morgan fingerprint density at radius 3 is 2.43 bits per heavy atom. The number of methoxy groups -OCH3 is 1. The number of benzene rings is 2. The molecule has 0 atom stereocenters. The van der Waals surface area contributed by atoms with Crippen LogP contribution in [0.2, 0.25) is 0 Å². The number of halogens is 1. The summed E-state index contributed by atoms with van der Waals surface area (Å²) in [5, 5.41) is 0. The average Bonchev–Trinajstić information content (AvgIpc) is 2.64. The Morgan fingerprint density at radius 2 is 1.82 bits per heavy atom. The molecule has 0 heterocycles. The summed E-state index contributed by atoms with van der Waals surface area (Å²) in [5.74, 6) is 0.764. The molecular formula is C22H28BrNO4. The van der Waals surface area contributed by atoms with E-state index in [0.717, 1.165) is 21.3 Å². The fraction of sp³-hybridized carbons (Fsp3) is 0.409. The Morgan fingerprint density at radius 1 is 1.11 bits per heavy atom. The van der Waals surface area contributed by atoms with Crippen LogP contribution in [-0.2, 0) is 22.6 Å². The van der Waals surface area contributed by atoms with Crippen LogP contribution in [0.1, 0.15) is 31.9 Å². The van der Waals surface area contributed by atoms with Crippen molar-refractivity contribution in [3.8, 4) is 5.75 Å². The van der Waals surface area contributed by atoms with Gasteiger partial charge in [0.05, 0.1) is 13.2 Å². The lowest BCUT2D eigenvalue weighted by Gasteiger charge is -2.27. The average molecular weight is 450 g/mol. The number of nitrogens with zero attached hydrogens (tertiary/aromatic N) is 1. The van der Waals surface area contributed by atoms with E-state index in [1.54, 1.807) is 12.0 Å². The summed E-state index contributed by atoms with van der Waals surface area (Å²) in [6, 6.07) is 15.8. The second kappa shape index (κ2) is 10.5. The maximum absolute atomic E-state index is 12.5. The quantitative estimate of drug-likeness (QED) is 0.540. The largest absolute Gasteiger partial charge is 0.489 e. The van der Waals surface area contributed by atoms with Crippen LogP contribution in [0.25, 0.3) is 0 Å². The summed E-state index contributed by atoms with van der Waals surface area (Å²) < 4.78 is 17.4. The molecule has 2 rings (SSSR count). The van der Waals surface area contributed by atoms with E-state index in [-0.39, 0.29) is 6.09 Å². The van der Waals surface area contributed by atoms with Crippen LogP contribution >= 0.6 is 15.9 Å². The zero-order valence-electron chi connectivity index (χ0n) is 16.9. The normalized spacial score (nSPS) is 11.2. The van der Waals surface area contributed by atoms with Gasteiger partial charge >= 0.3 is 6.09 Å². The first-order chi connectivity index (χ1) is 13.3. The Labute approximate surface area is 175 Å². The van der Waals surface area contributed by atoms with Crippen molar-refractivity contribution in [1.29, 1.82) is 0 Å². The zero-order valence-corrected chi connectivity index (χ0v) is 18.5. The smallest absolute Gasteiger partial charge is 0.410 e. The van der Waals surface area contributed by atoms with E-state index in [2.05, 4.69) is 15.9 Å². The second-order valence-corrected chi connectivity index (χ2v) is 8.28. The van der Waals surface area contributed by atoms with E-state index in [4.69, 9.17) is 14.2 Å². The van der Waals surface area contributed by atoms with Crippen molar-refractivity contribution in [3.05, 3.63) is 64.1 Å². The number of amides is 1. The molecule has 28 heavy (non-hydrogen) atoms. The Balaban J connectivity index is 2.04. The molecular weight excluding hydrogens is 422 g/mol. The van der Waals surface area contributed by atoms with Crippen molar-refractivity contribution in [2.45, 2.75) is 39.5 Å². The van der Waals surface area contributed by atoms with Gasteiger partial charge in [-0.25, -0.2) is 4.79 Å². The summed E-state index contributed by atoms with van der Waals surface area (Å²) >= 11 is 3.59. The van der Waals surface area contributed by atoms with Crippen LogP contribution in [0.15, 0.2) is 53.0 Å². The molecule has 0 aliphatic heterocycles. The number of hydrogen-bond donors (Lipinski definition) is 0. The van der Waals surface area contributed by atoms with Gasteiger partial charge in [0.25, 0.3) is 0 Å². The molecule has 0 fully saturated rings. The van der Waals surface area contributed by atoms with Gasteiger partial charge in [-0.1, -0.05) is 52.3 Å². The summed E-state index contributed by atoms with van der Waals surface area (Å²) in [6.45, 7) is 7.37. The van der Waals surface area contributed by atoms with Crippen molar-refractivity contribution >= 4 is 22.0 Å². The highest BCUT2D eigenvalue weighted by molar-refractivity contribution is 9.10. The van der Waals surface area contributed by atoms with E-state index in [9.17, 15) is 4.79 Å². The third-order valence-corrected chi connectivity index (χ3v) is 4.59. The molecule has 0 aromatic heterocycles. The molecule has 0 bridgehead atoms. The molecule has 5 nitrogen and oxygen atoms in total. The van der Waals surface area contributed by atoms with Crippen LogP contribution in [0.4, 0.5) is 4.79 Å². The molecule has 6 heteroatoms. The van der Waals surface area contributed by atoms with E-state index in [0.29, 0.717) is 26.3 Å². The Bertz CT molecular complexity index is 759. The van der Waals surface area contributed by atoms with Gasteiger partial charge in [-0.05, 0) is 44.0 Å². The fourth-order valence-corrected chi connectivity index (χ4v) is 2.94. The lowest BCUT2D eigenvalue weighted by molar-refractivity contribution is 0.0183. The van der Waals surface area contributed by atoms with Crippen LogP contribution in [0.3, 0.4) is 0 Å². The summed E-state index contributed by atoms with van der Waals surface area (Å²) in [6.07, 6.45) is -0.360. The van der Waals surface area contributed by atoms with Gasteiger partial charge in [-0.15, -0.1) is 0 Å². The minimum atomic E-state index is -0.547. The third kappa shape index (κ3) is 7.52. The van der Waals surface area contributed by atoms with Crippen LogP contribution in [-0.4, -0.2) is 36.9 Å². The number of hydrogen-bond acceptors (Lipinski definition) is 4. The molecule has 2 aromatic rings. The molecule has 0 unspecified atom stereocenters. The molecule has 0 spiro atoms. The Hall–Kier alpha value is -2.05. The fourth-order valence-electron chi connectivity index (χ4n) is 2.46. The van der Waals surface area contributed by atoms with E-state index in [1.165, 1.54) is 0 Å². The summed E-state index contributed by atoms with van der Waals surface area (Å²) in [7, 11) is 1.61. The molecule has 0 aliphatic carbocycles. The van der Waals surface area contributed by atoms with Gasteiger partial charge in [0.1, 0.15) is 18.0 Å². The van der Waals surface area contributed by atoms with E-state index < -0.39 is 5.60 Å². The van der Waals surface area contributed by atoms with Crippen molar-refractivity contribution < 1.29 is 19.0 Å². The zero-order chi connectivity index (χ0) is 20.6.